The zero-order chi connectivity index (χ0) is 19.9. The number of sulfone groups is 1. The Kier molecular flexibility index (Phi) is 7.24. The van der Waals surface area contributed by atoms with Crippen molar-refractivity contribution in [3.05, 3.63) is 54.1 Å². The third kappa shape index (κ3) is 5.72. The van der Waals surface area contributed by atoms with E-state index in [1.165, 1.54) is 0 Å². The van der Waals surface area contributed by atoms with Crippen LogP contribution < -0.4 is 9.47 Å². The van der Waals surface area contributed by atoms with Gasteiger partial charge in [0, 0.05) is 20.0 Å². The number of carbonyl (C=O) groups is 1. The zero-order valence-corrected chi connectivity index (χ0v) is 16.7. The molecule has 0 aromatic heterocycles. The number of carbonyl (C=O) groups excluding carboxylic acids is 1. The average molecular weight is 391 g/mol. The molecule has 0 fully saturated rings. The van der Waals surface area contributed by atoms with Crippen LogP contribution in [0, 0.1) is 0 Å². The number of ether oxygens (including phenoxy) is 2. The molecule has 0 heterocycles. The summed E-state index contributed by atoms with van der Waals surface area (Å²) in [6.45, 7) is 0.486. The molecule has 0 aliphatic heterocycles. The van der Waals surface area contributed by atoms with E-state index in [-0.39, 0.29) is 23.0 Å². The van der Waals surface area contributed by atoms with Crippen molar-refractivity contribution in [3.63, 3.8) is 0 Å². The Balaban J connectivity index is 1.89. The van der Waals surface area contributed by atoms with Gasteiger partial charge in [-0.05, 0) is 36.2 Å². The molecule has 0 aliphatic carbocycles. The van der Waals surface area contributed by atoms with E-state index in [0.29, 0.717) is 24.5 Å². The van der Waals surface area contributed by atoms with Gasteiger partial charge in [-0.15, -0.1) is 0 Å². The first kappa shape index (κ1) is 20.8. The third-order valence-electron chi connectivity index (χ3n) is 4.30. The summed E-state index contributed by atoms with van der Waals surface area (Å²) in [5.41, 5.74) is 1.00. The number of benzene rings is 2. The Morgan fingerprint density at radius 1 is 1.00 bits per heavy atom. The molecular formula is C20H25NO5S. The molecule has 1 amide bonds. The molecule has 6 nitrogen and oxygen atoms in total. The zero-order valence-electron chi connectivity index (χ0n) is 15.8. The molecule has 0 spiro atoms. The van der Waals surface area contributed by atoms with Crippen molar-refractivity contribution in [1.82, 2.24) is 4.90 Å². The maximum absolute atomic E-state index is 12.3. The van der Waals surface area contributed by atoms with Crippen molar-refractivity contribution < 1.29 is 22.7 Å². The molecule has 0 saturated heterocycles. The first-order valence-corrected chi connectivity index (χ1v) is 10.3. The van der Waals surface area contributed by atoms with Crippen molar-refractivity contribution in [1.29, 1.82) is 0 Å². The van der Waals surface area contributed by atoms with E-state index in [4.69, 9.17) is 9.47 Å². The first-order valence-electron chi connectivity index (χ1n) is 8.60. The lowest BCUT2D eigenvalue weighted by Gasteiger charge is -2.18. The van der Waals surface area contributed by atoms with E-state index in [1.54, 1.807) is 56.5 Å². The summed E-state index contributed by atoms with van der Waals surface area (Å²) in [5.74, 6) is 0.890. The molecule has 27 heavy (non-hydrogen) atoms. The van der Waals surface area contributed by atoms with E-state index in [1.807, 2.05) is 18.2 Å². The Morgan fingerprint density at radius 3 is 2.30 bits per heavy atom. The van der Waals surface area contributed by atoms with Gasteiger partial charge in [0.15, 0.2) is 21.3 Å². The van der Waals surface area contributed by atoms with Crippen molar-refractivity contribution in [2.75, 3.05) is 33.6 Å². The van der Waals surface area contributed by atoms with E-state index in [0.717, 1.165) is 5.56 Å². The molecule has 0 unspecified atom stereocenters. The number of likely N-dealkylation sites (N-methyl/N-ethyl adjacent to an activating group) is 1. The van der Waals surface area contributed by atoms with E-state index in [2.05, 4.69) is 0 Å². The molecule has 7 heteroatoms. The highest BCUT2D eigenvalue weighted by Crippen LogP contribution is 2.27. The highest BCUT2D eigenvalue weighted by atomic mass is 32.2. The average Bonchev–Trinajstić information content (AvgIpc) is 2.70. The van der Waals surface area contributed by atoms with Crippen LogP contribution in [0.5, 0.6) is 11.5 Å². The Morgan fingerprint density at radius 2 is 1.67 bits per heavy atom. The topological polar surface area (TPSA) is 72.9 Å². The van der Waals surface area contributed by atoms with Crippen molar-refractivity contribution in [2.24, 2.45) is 0 Å². The molecule has 146 valence electrons. The fourth-order valence-corrected chi connectivity index (χ4v) is 3.87. The standard InChI is InChI=1S/C20H25NO5S/c1-21(13-11-16-9-10-18(25-2)19(15-16)26-3)20(22)12-14-27(23,24)17-7-5-4-6-8-17/h4-10,15H,11-14H2,1-3H3. The highest BCUT2D eigenvalue weighted by Gasteiger charge is 2.18. The number of rotatable bonds is 9. The SMILES string of the molecule is COc1ccc(CCN(C)C(=O)CCS(=O)(=O)c2ccccc2)cc1OC. The number of hydrogen-bond acceptors (Lipinski definition) is 5. The minimum absolute atomic E-state index is 0.0420. The van der Waals surface area contributed by atoms with Crippen LogP contribution in [-0.2, 0) is 21.1 Å². The van der Waals surface area contributed by atoms with E-state index in [9.17, 15) is 13.2 Å². The minimum atomic E-state index is -3.45. The number of methoxy groups -OCH3 is 2. The van der Waals surface area contributed by atoms with Gasteiger partial charge >= 0.3 is 0 Å². The van der Waals surface area contributed by atoms with Gasteiger partial charge in [0.05, 0.1) is 24.9 Å². The predicted octanol–water partition coefficient (Wildman–Crippen LogP) is 2.57. The van der Waals surface area contributed by atoms with Gasteiger partial charge in [0.25, 0.3) is 0 Å². The van der Waals surface area contributed by atoms with Crippen LogP contribution >= 0.6 is 0 Å². The fourth-order valence-electron chi connectivity index (χ4n) is 2.62. The van der Waals surface area contributed by atoms with E-state index >= 15 is 0 Å². The van der Waals surface area contributed by atoms with Crippen molar-refractivity contribution in [3.8, 4) is 11.5 Å². The van der Waals surface area contributed by atoms with Crippen molar-refractivity contribution in [2.45, 2.75) is 17.7 Å². The fraction of sp³-hybridized carbons (Fsp3) is 0.350. The molecule has 2 aromatic rings. The summed E-state index contributed by atoms with van der Waals surface area (Å²) < 4.78 is 35.0. The van der Waals surface area contributed by atoms with Crippen LogP contribution in [0.15, 0.2) is 53.4 Å². The molecule has 0 saturated carbocycles. The molecule has 0 bridgehead atoms. The van der Waals surface area contributed by atoms with Crippen LogP contribution in [0.25, 0.3) is 0 Å². The number of amides is 1. The van der Waals surface area contributed by atoms with Gasteiger partial charge in [-0.2, -0.15) is 0 Å². The summed E-state index contributed by atoms with van der Waals surface area (Å²) in [6.07, 6.45) is 0.591. The number of hydrogen-bond donors (Lipinski definition) is 0. The highest BCUT2D eigenvalue weighted by molar-refractivity contribution is 7.91. The van der Waals surface area contributed by atoms with Crippen LogP contribution in [-0.4, -0.2) is 52.8 Å². The summed E-state index contributed by atoms with van der Waals surface area (Å²) in [7, 11) is 1.38. The normalized spacial score (nSPS) is 11.1. The summed E-state index contributed by atoms with van der Waals surface area (Å²) in [5, 5.41) is 0. The van der Waals surface area contributed by atoms with E-state index < -0.39 is 9.84 Å². The second-order valence-corrected chi connectivity index (χ2v) is 8.25. The summed E-state index contributed by atoms with van der Waals surface area (Å²) in [6, 6.07) is 13.8. The lowest BCUT2D eigenvalue weighted by molar-refractivity contribution is -0.129. The molecule has 2 rings (SSSR count). The second-order valence-electron chi connectivity index (χ2n) is 6.14. The monoisotopic (exact) mass is 391 g/mol. The predicted molar refractivity (Wildman–Crippen MR) is 104 cm³/mol. The molecule has 0 atom stereocenters. The maximum atomic E-state index is 12.3. The lowest BCUT2D eigenvalue weighted by Crippen LogP contribution is -2.30. The van der Waals surface area contributed by atoms with Crippen LogP contribution in [0.1, 0.15) is 12.0 Å². The van der Waals surface area contributed by atoms with Crippen molar-refractivity contribution >= 4 is 15.7 Å². The van der Waals surface area contributed by atoms with Gasteiger partial charge in [-0.25, -0.2) is 8.42 Å². The molecular weight excluding hydrogens is 366 g/mol. The van der Waals surface area contributed by atoms with Crippen LogP contribution in [0.4, 0.5) is 0 Å². The quantitative estimate of drug-likeness (QED) is 0.657. The minimum Gasteiger partial charge on any atom is -0.493 e. The van der Waals surface area contributed by atoms with Crippen LogP contribution in [0.3, 0.4) is 0 Å². The smallest absolute Gasteiger partial charge is 0.223 e. The lowest BCUT2D eigenvalue weighted by atomic mass is 10.1. The van der Waals surface area contributed by atoms with Gasteiger partial charge in [-0.3, -0.25) is 4.79 Å². The van der Waals surface area contributed by atoms with Crippen LogP contribution in [0.2, 0.25) is 0 Å². The molecule has 0 aliphatic rings. The van der Waals surface area contributed by atoms with Gasteiger partial charge in [0.1, 0.15) is 0 Å². The maximum Gasteiger partial charge on any atom is 0.223 e. The second kappa shape index (κ2) is 9.41. The molecule has 0 radical (unpaired) electrons. The summed E-state index contributed by atoms with van der Waals surface area (Å²) in [4.78, 5) is 14.1. The van der Waals surface area contributed by atoms with Gasteiger partial charge in [-0.1, -0.05) is 24.3 Å². The largest absolute Gasteiger partial charge is 0.493 e. The molecule has 0 N–H and O–H groups in total. The van der Waals surface area contributed by atoms with Gasteiger partial charge in [0.2, 0.25) is 5.91 Å². The Bertz CT molecular complexity index is 865. The first-order chi connectivity index (χ1) is 12.9. The van der Waals surface area contributed by atoms with Gasteiger partial charge < -0.3 is 14.4 Å². The molecule has 2 aromatic carbocycles. The summed E-state index contributed by atoms with van der Waals surface area (Å²) >= 11 is 0. The Hall–Kier alpha value is -2.54. The Labute approximate surface area is 160 Å². The third-order valence-corrected chi connectivity index (χ3v) is 6.03. The number of nitrogens with zero attached hydrogens (tertiary/aromatic N) is 1.